The summed E-state index contributed by atoms with van der Waals surface area (Å²) in [5.74, 6) is -0.601. The van der Waals surface area contributed by atoms with Gasteiger partial charge < -0.3 is 0 Å². The second-order valence-electron chi connectivity index (χ2n) is 2.33. The number of rotatable bonds is 0. The SMILES string of the molecule is O=C1NC(=O)c2ccccc21.[Au].[KH]. The fraction of sp³-hybridized carbons (Fsp3) is 0. The molecule has 1 aromatic carbocycles. The molecule has 13 heavy (non-hydrogen) atoms. The zero-order valence-electron chi connectivity index (χ0n) is 5.93. The summed E-state index contributed by atoms with van der Waals surface area (Å²) in [5, 5.41) is 2.20. The van der Waals surface area contributed by atoms with Crippen molar-refractivity contribution in [3.8, 4) is 0 Å². The Hall–Kier alpha value is 0.737. The van der Waals surface area contributed by atoms with Crippen molar-refractivity contribution in [2.24, 2.45) is 0 Å². The van der Waals surface area contributed by atoms with Gasteiger partial charge in [-0.25, -0.2) is 0 Å². The first-order valence-electron chi connectivity index (χ1n) is 3.24. The van der Waals surface area contributed by atoms with Gasteiger partial charge in [-0.1, -0.05) is 12.1 Å². The van der Waals surface area contributed by atoms with Crippen molar-refractivity contribution in [1.29, 1.82) is 0 Å². The number of nitrogens with one attached hydrogen (secondary N) is 1. The van der Waals surface area contributed by atoms with Crippen LogP contribution in [0.5, 0.6) is 0 Å². The third-order valence-electron chi connectivity index (χ3n) is 1.64. The average molecular weight is 384 g/mol. The molecule has 0 saturated heterocycles. The first kappa shape index (κ1) is 13.7. The second-order valence-corrected chi connectivity index (χ2v) is 2.33. The molecule has 67 valence electrons. The van der Waals surface area contributed by atoms with Gasteiger partial charge in [0, 0.05) is 22.4 Å². The van der Waals surface area contributed by atoms with Crippen LogP contribution in [0.4, 0.5) is 0 Å². The number of carbonyl (C=O) groups is 2. The maximum absolute atomic E-state index is 10.9. The van der Waals surface area contributed by atoms with Gasteiger partial charge in [-0.2, -0.15) is 0 Å². The summed E-state index contributed by atoms with van der Waals surface area (Å²) in [6.07, 6.45) is 0. The Morgan fingerprint density at radius 2 is 1.31 bits per heavy atom. The Bertz CT molecular complexity index is 321. The maximum atomic E-state index is 10.9. The van der Waals surface area contributed by atoms with Gasteiger partial charge >= 0.3 is 51.4 Å². The number of fused-ring (bicyclic) bond motifs is 1. The van der Waals surface area contributed by atoms with Crippen LogP contribution in [0.25, 0.3) is 0 Å². The van der Waals surface area contributed by atoms with E-state index in [4.69, 9.17) is 0 Å². The Balaban J connectivity index is 0.000000720. The van der Waals surface area contributed by atoms with E-state index in [1.807, 2.05) is 0 Å². The third-order valence-corrected chi connectivity index (χ3v) is 1.64. The number of benzene rings is 1. The van der Waals surface area contributed by atoms with Crippen LogP contribution < -0.4 is 5.32 Å². The molecule has 0 fully saturated rings. The summed E-state index contributed by atoms with van der Waals surface area (Å²) in [6.45, 7) is 0. The van der Waals surface area contributed by atoms with Crippen LogP contribution in [-0.2, 0) is 22.4 Å². The van der Waals surface area contributed by atoms with Crippen LogP contribution in [0.15, 0.2) is 24.3 Å². The molecular formula is C8H6AuKNO2. The van der Waals surface area contributed by atoms with Crippen LogP contribution >= 0.6 is 0 Å². The van der Waals surface area contributed by atoms with Gasteiger partial charge in [0.25, 0.3) is 11.8 Å². The first-order chi connectivity index (χ1) is 5.29. The second kappa shape index (κ2) is 5.58. The van der Waals surface area contributed by atoms with Crippen molar-refractivity contribution < 1.29 is 32.0 Å². The molecule has 0 bridgehead atoms. The zero-order chi connectivity index (χ0) is 7.84. The monoisotopic (exact) mass is 384 g/mol. The molecule has 5 heteroatoms. The van der Waals surface area contributed by atoms with Crippen molar-refractivity contribution >= 4 is 63.2 Å². The molecular weight excluding hydrogens is 378 g/mol. The Morgan fingerprint density at radius 3 is 1.69 bits per heavy atom. The first-order valence-corrected chi connectivity index (χ1v) is 3.24. The molecule has 0 spiro atoms. The van der Waals surface area contributed by atoms with E-state index in [0.29, 0.717) is 11.1 Å². The van der Waals surface area contributed by atoms with Gasteiger partial charge in [0.2, 0.25) is 0 Å². The fourth-order valence-corrected chi connectivity index (χ4v) is 1.12. The standard InChI is InChI=1S/C8H5NO2.Au.K.H/c10-7-5-3-1-2-4-6(5)8(11)9-7;;;/h1-4H,(H,9,10,11);;;. The number of hydrogen-bond acceptors (Lipinski definition) is 2. The molecule has 1 aliphatic rings. The van der Waals surface area contributed by atoms with Crippen LogP contribution in [-0.4, -0.2) is 63.2 Å². The van der Waals surface area contributed by atoms with E-state index < -0.39 is 0 Å². The van der Waals surface area contributed by atoms with Crippen LogP contribution in [0.2, 0.25) is 0 Å². The predicted molar refractivity (Wildman–Crippen MR) is 45.4 cm³/mol. The van der Waals surface area contributed by atoms with E-state index in [1.54, 1.807) is 24.3 Å². The van der Waals surface area contributed by atoms with Gasteiger partial charge in [0.15, 0.2) is 0 Å². The van der Waals surface area contributed by atoms with E-state index in [0.717, 1.165) is 0 Å². The van der Waals surface area contributed by atoms with Gasteiger partial charge in [-0.15, -0.1) is 0 Å². The predicted octanol–water partition coefficient (Wildman–Crippen LogP) is -0.0808. The molecule has 2 amide bonds. The van der Waals surface area contributed by atoms with Gasteiger partial charge in [-0.05, 0) is 12.1 Å². The van der Waals surface area contributed by atoms with Crippen LogP contribution in [0.1, 0.15) is 20.7 Å². The summed E-state index contributed by atoms with van der Waals surface area (Å²) in [4.78, 5) is 21.9. The molecule has 0 atom stereocenters. The third kappa shape index (κ3) is 2.61. The molecule has 1 radical (unpaired) electrons. The van der Waals surface area contributed by atoms with E-state index in [2.05, 4.69) is 5.32 Å². The van der Waals surface area contributed by atoms with Gasteiger partial charge in [0.05, 0.1) is 11.1 Å². The summed E-state index contributed by atoms with van der Waals surface area (Å²) < 4.78 is 0. The van der Waals surface area contributed by atoms with Crippen LogP contribution in [0, 0.1) is 0 Å². The molecule has 2 rings (SSSR count). The fourth-order valence-electron chi connectivity index (χ4n) is 1.12. The molecule has 1 N–H and O–H groups in total. The van der Waals surface area contributed by atoms with Crippen molar-refractivity contribution in [3.63, 3.8) is 0 Å². The Kier molecular flexibility index (Phi) is 5.89. The summed E-state index contributed by atoms with van der Waals surface area (Å²) in [6, 6.07) is 6.74. The molecule has 1 heterocycles. The number of carbonyl (C=O) groups excluding carboxylic acids is 2. The van der Waals surface area contributed by atoms with Crippen molar-refractivity contribution in [3.05, 3.63) is 35.4 Å². The van der Waals surface area contributed by atoms with Crippen molar-refractivity contribution in [2.75, 3.05) is 0 Å². The van der Waals surface area contributed by atoms with Crippen LogP contribution in [0.3, 0.4) is 0 Å². The molecule has 0 saturated carbocycles. The van der Waals surface area contributed by atoms with E-state index in [1.165, 1.54) is 0 Å². The quantitative estimate of drug-likeness (QED) is 0.503. The Morgan fingerprint density at radius 1 is 0.923 bits per heavy atom. The molecule has 3 nitrogen and oxygen atoms in total. The van der Waals surface area contributed by atoms with E-state index in [-0.39, 0.29) is 85.6 Å². The Labute approximate surface area is 134 Å². The van der Waals surface area contributed by atoms with E-state index in [9.17, 15) is 9.59 Å². The number of hydrogen-bond donors (Lipinski definition) is 1. The summed E-state index contributed by atoms with van der Waals surface area (Å²) in [7, 11) is 0. The van der Waals surface area contributed by atoms with Gasteiger partial charge in [-0.3, -0.25) is 14.9 Å². The summed E-state index contributed by atoms with van der Waals surface area (Å²) >= 11 is 0. The topological polar surface area (TPSA) is 46.2 Å². The van der Waals surface area contributed by atoms with Crippen molar-refractivity contribution in [2.45, 2.75) is 0 Å². The number of amides is 2. The normalized spacial score (nSPS) is 12.3. The van der Waals surface area contributed by atoms with Gasteiger partial charge in [0.1, 0.15) is 0 Å². The average Bonchev–Trinajstić information content (AvgIpc) is 2.30. The van der Waals surface area contributed by atoms with E-state index >= 15 is 0 Å². The minimum absolute atomic E-state index is 0. The minimum atomic E-state index is -0.300. The molecule has 1 aliphatic heterocycles. The molecule has 0 aromatic heterocycles. The zero-order valence-corrected chi connectivity index (χ0v) is 8.09. The summed E-state index contributed by atoms with van der Waals surface area (Å²) in [5.41, 5.74) is 0.940. The molecule has 0 aliphatic carbocycles. The molecule has 0 unspecified atom stereocenters. The molecule has 1 aromatic rings. The number of imide groups is 1. The van der Waals surface area contributed by atoms with Crippen molar-refractivity contribution in [1.82, 2.24) is 5.32 Å².